The summed E-state index contributed by atoms with van der Waals surface area (Å²) in [5.74, 6) is 0.585. The van der Waals surface area contributed by atoms with E-state index in [9.17, 15) is 0 Å². The highest BCUT2D eigenvalue weighted by Crippen LogP contribution is 2.18. The minimum atomic E-state index is 0.436. The molecule has 1 N–H and O–H groups in total. The minimum Gasteiger partial charge on any atom is -0.380 e. The molecule has 0 amide bonds. The maximum Gasteiger partial charge on any atom is 0.0758 e. The smallest absolute Gasteiger partial charge is 0.0758 e. The van der Waals surface area contributed by atoms with Crippen LogP contribution in [0.2, 0.25) is 0 Å². The Kier molecular flexibility index (Phi) is 3.95. The third-order valence-corrected chi connectivity index (χ3v) is 3.01. The molecule has 0 spiro atoms. The van der Waals surface area contributed by atoms with Crippen LogP contribution in [0.5, 0.6) is 0 Å². The number of allylic oxidation sites excluding steroid dienone is 1. The quantitative estimate of drug-likeness (QED) is 0.752. The number of rotatable bonds is 5. The largest absolute Gasteiger partial charge is 0.380 e. The third kappa shape index (κ3) is 2.85. The molecule has 0 aromatic carbocycles. The maximum absolute atomic E-state index is 4.21. The number of nitrogens with zero attached hydrogens (tertiary/aromatic N) is 2. The van der Waals surface area contributed by atoms with Crippen molar-refractivity contribution in [2.45, 2.75) is 33.2 Å². The van der Waals surface area contributed by atoms with Crippen molar-refractivity contribution >= 4 is 5.69 Å². The molecule has 0 bridgehead atoms. The summed E-state index contributed by atoms with van der Waals surface area (Å²) in [6.45, 7) is 10.3. The van der Waals surface area contributed by atoms with Crippen molar-refractivity contribution in [2.24, 2.45) is 13.0 Å². The molecule has 84 valence electrons. The molecule has 1 rings (SSSR count). The number of anilines is 1. The molecule has 0 saturated carbocycles. The monoisotopic (exact) mass is 207 g/mol. The molecule has 15 heavy (non-hydrogen) atoms. The zero-order valence-corrected chi connectivity index (χ0v) is 10.1. The van der Waals surface area contributed by atoms with E-state index >= 15 is 0 Å². The Morgan fingerprint density at radius 3 is 2.73 bits per heavy atom. The van der Waals surface area contributed by atoms with Crippen LogP contribution in [0.4, 0.5) is 5.69 Å². The molecule has 1 heterocycles. The first-order valence-electron chi connectivity index (χ1n) is 5.42. The second-order valence-electron chi connectivity index (χ2n) is 4.20. The van der Waals surface area contributed by atoms with Gasteiger partial charge in [0.2, 0.25) is 0 Å². The van der Waals surface area contributed by atoms with Crippen LogP contribution < -0.4 is 5.32 Å². The van der Waals surface area contributed by atoms with Gasteiger partial charge in [-0.2, -0.15) is 5.10 Å². The molecule has 0 saturated heterocycles. The molecule has 0 aliphatic carbocycles. The Morgan fingerprint density at radius 1 is 1.60 bits per heavy atom. The standard InChI is InChI=1S/C12H21N3/c1-6-7-9(2)10(3)14-12-8-13-15(5)11(12)4/h6,8-10,14H,1,7H2,2-5H3/t9-,10-/m0/s1. The Balaban J connectivity index is 2.61. The van der Waals surface area contributed by atoms with E-state index in [0.717, 1.165) is 12.1 Å². The van der Waals surface area contributed by atoms with Crippen LogP contribution in [0, 0.1) is 12.8 Å². The highest BCUT2D eigenvalue weighted by Gasteiger charge is 2.12. The van der Waals surface area contributed by atoms with Gasteiger partial charge in [-0.25, -0.2) is 0 Å². The van der Waals surface area contributed by atoms with Crippen LogP contribution in [-0.4, -0.2) is 15.8 Å². The summed E-state index contributed by atoms with van der Waals surface area (Å²) in [6, 6.07) is 0.436. The van der Waals surface area contributed by atoms with Gasteiger partial charge in [-0.15, -0.1) is 6.58 Å². The Hall–Kier alpha value is -1.25. The topological polar surface area (TPSA) is 29.9 Å². The number of nitrogens with one attached hydrogen (secondary N) is 1. The average molecular weight is 207 g/mol. The van der Waals surface area contributed by atoms with Gasteiger partial charge < -0.3 is 5.32 Å². The van der Waals surface area contributed by atoms with E-state index in [1.54, 1.807) is 0 Å². The number of hydrogen-bond acceptors (Lipinski definition) is 2. The van der Waals surface area contributed by atoms with Crippen molar-refractivity contribution in [3.8, 4) is 0 Å². The summed E-state index contributed by atoms with van der Waals surface area (Å²) in [7, 11) is 1.96. The second kappa shape index (κ2) is 5.01. The van der Waals surface area contributed by atoms with Crippen LogP contribution in [-0.2, 0) is 7.05 Å². The van der Waals surface area contributed by atoms with E-state index in [0.29, 0.717) is 12.0 Å². The predicted molar refractivity (Wildman–Crippen MR) is 65.0 cm³/mol. The Bertz CT molecular complexity index is 328. The van der Waals surface area contributed by atoms with Crippen LogP contribution in [0.3, 0.4) is 0 Å². The van der Waals surface area contributed by atoms with Gasteiger partial charge in [0.25, 0.3) is 0 Å². The molecule has 3 heteroatoms. The van der Waals surface area contributed by atoms with Gasteiger partial charge >= 0.3 is 0 Å². The molecule has 1 aromatic heterocycles. The van der Waals surface area contributed by atoms with Crippen LogP contribution in [0.1, 0.15) is 26.0 Å². The molecule has 0 aliphatic rings. The van der Waals surface area contributed by atoms with Gasteiger partial charge in [-0.1, -0.05) is 13.0 Å². The number of hydrogen-bond donors (Lipinski definition) is 1. The summed E-state index contributed by atoms with van der Waals surface area (Å²) < 4.78 is 1.88. The first-order chi connectivity index (χ1) is 7.06. The van der Waals surface area contributed by atoms with E-state index in [4.69, 9.17) is 0 Å². The van der Waals surface area contributed by atoms with Crippen LogP contribution in [0.15, 0.2) is 18.9 Å². The van der Waals surface area contributed by atoms with Gasteiger partial charge in [0, 0.05) is 13.1 Å². The van der Waals surface area contributed by atoms with E-state index in [2.05, 4.69) is 37.8 Å². The number of aromatic nitrogens is 2. The Morgan fingerprint density at radius 2 is 2.27 bits per heavy atom. The second-order valence-corrected chi connectivity index (χ2v) is 4.20. The summed E-state index contributed by atoms with van der Waals surface area (Å²) >= 11 is 0. The van der Waals surface area contributed by atoms with Gasteiger partial charge in [0.15, 0.2) is 0 Å². The number of aryl methyl sites for hydroxylation is 1. The van der Waals surface area contributed by atoms with Gasteiger partial charge in [0.05, 0.1) is 17.6 Å². The molecular weight excluding hydrogens is 186 g/mol. The lowest BCUT2D eigenvalue weighted by Gasteiger charge is -2.20. The summed E-state index contributed by atoms with van der Waals surface area (Å²) in [5.41, 5.74) is 2.30. The highest BCUT2D eigenvalue weighted by atomic mass is 15.3. The Labute approximate surface area is 92.2 Å². The van der Waals surface area contributed by atoms with E-state index in [-0.39, 0.29) is 0 Å². The van der Waals surface area contributed by atoms with Crippen molar-refractivity contribution in [1.29, 1.82) is 0 Å². The van der Waals surface area contributed by atoms with E-state index in [1.165, 1.54) is 5.69 Å². The van der Waals surface area contributed by atoms with E-state index < -0.39 is 0 Å². The van der Waals surface area contributed by atoms with E-state index in [1.807, 2.05) is 24.0 Å². The summed E-state index contributed by atoms with van der Waals surface area (Å²) in [5, 5.41) is 7.69. The maximum atomic E-state index is 4.21. The van der Waals surface area contributed by atoms with Gasteiger partial charge in [-0.05, 0) is 26.2 Å². The molecule has 0 fully saturated rings. The zero-order valence-electron chi connectivity index (χ0n) is 10.1. The van der Waals surface area contributed by atoms with Crippen molar-refractivity contribution < 1.29 is 0 Å². The molecule has 2 atom stereocenters. The zero-order chi connectivity index (χ0) is 11.4. The fourth-order valence-electron chi connectivity index (χ4n) is 1.49. The first-order valence-corrected chi connectivity index (χ1v) is 5.42. The molecule has 1 aromatic rings. The highest BCUT2D eigenvalue weighted by molar-refractivity contribution is 5.46. The fraction of sp³-hybridized carbons (Fsp3) is 0.583. The predicted octanol–water partition coefficient (Wildman–Crippen LogP) is 2.74. The SMILES string of the molecule is C=CC[C@H](C)[C@H](C)Nc1cnn(C)c1C. The van der Waals surface area contributed by atoms with Crippen molar-refractivity contribution in [2.75, 3.05) is 5.32 Å². The summed E-state index contributed by atoms with van der Waals surface area (Å²) in [4.78, 5) is 0. The van der Waals surface area contributed by atoms with Crippen molar-refractivity contribution in [3.05, 3.63) is 24.5 Å². The van der Waals surface area contributed by atoms with Gasteiger partial charge in [0.1, 0.15) is 0 Å². The van der Waals surface area contributed by atoms with Gasteiger partial charge in [-0.3, -0.25) is 4.68 Å². The molecular formula is C12H21N3. The fourth-order valence-corrected chi connectivity index (χ4v) is 1.49. The first kappa shape index (κ1) is 11.8. The molecule has 0 unspecified atom stereocenters. The van der Waals surface area contributed by atoms with Crippen molar-refractivity contribution in [3.63, 3.8) is 0 Å². The lowest BCUT2D eigenvalue weighted by atomic mass is 10.00. The molecule has 3 nitrogen and oxygen atoms in total. The molecule has 0 radical (unpaired) electrons. The lowest BCUT2D eigenvalue weighted by Crippen LogP contribution is -2.23. The van der Waals surface area contributed by atoms with Crippen LogP contribution >= 0.6 is 0 Å². The third-order valence-electron chi connectivity index (χ3n) is 3.01. The average Bonchev–Trinajstić information content (AvgIpc) is 2.50. The minimum absolute atomic E-state index is 0.436. The lowest BCUT2D eigenvalue weighted by molar-refractivity contribution is 0.517. The normalized spacial score (nSPS) is 14.7. The van der Waals surface area contributed by atoms with Crippen LogP contribution in [0.25, 0.3) is 0 Å². The molecule has 0 aliphatic heterocycles. The summed E-state index contributed by atoms with van der Waals surface area (Å²) in [6.07, 6.45) is 4.89. The van der Waals surface area contributed by atoms with Crippen molar-refractivity contribution in [1.82, 2.24) is 9.78 Å².